The molecule has 0 saturated heterocycles. The van der Waals surface area contributed by atoms with Crippen molar-refractivity contribution in [2.24, 2.45) is 5.73 Å². The Balaban J connectivity index is 2.10. The topological polar surface area (TPSA) is 49.5 Å². The molecule has 0 heterocycles. The average Bonchev–Trinajstić information content (AvgIpc) is 2.68. The predicted molar refractivity (Wildman–Crippen MR) is 40.7 cm³/mol. The first-order valence-corrected chi connectivity index (χ1v) is 3.82. The number of rotatable bonds is 4. The maximum Gasteiger partial charge on any atom is 0.0789 e. The normalized spacial score (nSPS) is 21.6. The van der Waals surface area contributed by atoms with Gasteiger partial charge in [0.25, 0.3) is 0 Å². The fourth-order valence-electron chi connectivity index (χ4n) is 1.07. The third kappa shape index (κ3) is 2.25. The summed E-state index contributed by atoms with van der Waals surface area (Å²) in [5.41, 5.74) is 5.26. The summed E-state index contributed by atoms with van der Waals surface area (Å²) >= 11 is 0. The van der Waals surface area contributed by atoms with E-state index in [1.165, 1.54) is 12.8 Å². The molecule has 1 saturated carbocycles. The van der Waals surface area contributed by atoms with E-state index in [1.807, 2.05) is 7.05 Å². The first-order chi connectivity index (χ1) is 4.74. The Bertz CT molecular complexity index is 104. The van der Waals surface area contributed by atoms with E-state index >= 15 is 0 Å². The van der Waals surface area contributed by atoms with Crippen molar-refractivity contribution in [2.75, 3.05) is 20.1 Å². The van der Waals surface area contributed by atoms with Gasteiger partial charge >= 0.3 is 0 Å². The van der Waals surface area contributed by atoms with E-state index in [0.717, 1.165) is 12.6 Å². The van der Waals surface area contributed by atoms with Gasteiger partial charge in [0.1, 0.15) is 0 Å². The zero-order chi connectivity index (χ0) is 7.56. The molecule has 60 valence electrons. The van der Waals surface area contributed by atoms with Crippen LogP contribution in [0, 0.1) is 0 Å². The Hall–Kier alpha value is -0.120. The van der Waals surface area contributed by atoms with Crippen LogP contribution in [0.15, 0.2) is 0 Å². The SMILES string of the molecule is CN(CC(O)CN)C1CC1. The molecule has 1 unspecified atom stereocenters. The molecule has 0 spiro atoms. The summed E-state index contributed by atoms with van der Waals surface area (Å²) in [6.07, 6.45) is 2.23. The van der Waals surface area contributed by atoms with Gasteiger partial charge in [-0.3, -0.25) is 0 Å². The summed E-state index contributed by atoms with van der Waals surface area (Å²) in [4.78, 5) is 2.18. The second-order valence-electron chi connectivity index (χ2n) is 3.06. The molecule has 1 aliphatic carbocycles. The summed E-state index contributed by atoms with van der Waals surface area (Å²) in [7, 11) is 2.04. The van der Waals surface area contributed by atoms with Crippen LogP contribution in [0.5, 0.6) is 0 Å². The van der Waals surface area contributed by atoms with Gasteiger partial charge in [0.2, 0.25) is 0 Å². The molecule has 0 aromatic carbocycles. The minimum Gasteiger partial charge on any atom is -0.390 e. The van der Waals surface area contributed by atoms with Gasteiger partial charge in [0, 0.05) is 19.1 Å². The van der Waals surface area contributed by atoms with Crippen molar-refractivity contribution >= 4 is 0 Å². The van der Waals surface area contributed by atoms with Gasteiger partial charge in [-0.05, 0) is 19.9 Å². The Morgan fingerprint density at radius 1 is 1.70 bits per heavy atom. The number of aliphatic hydroxyl groups excluding tert-OH is 1. The zero-order valence-corrected chi connectivity index (χ0v) is 6.45. The van der Waals surface area contributed by atoms with Gasteiger partial charge in [0.15, 0.2) is 0 Å². The van der Waals surface area contributed by atoms with Crippen LogP contribution in [0.4, 0.5) is 0 Å². The van der Waals surface area contributed by atoms with E-state index in [-0.39, 0.29) is 6.10 Å². The molecule has 1 rings (SSSR count). The van der Waals surface area contributed by atoms with E-state index in [2.05, 4.69) is 4.90 Å². The molecule has 0 aromatic heterocycles. The van der Waals surface area contributed by atoms with Crippen LogP contribution in [0.25, 0.3) is 0 Å². The fourth-order valence-corrected chi connectivity index (χ4v) is 1.07. The molecule has 0 bridgehead atoms. The van der Waals surface area contributed by atoms with Crippen molar-refractivity contribution in [2.45, 2.75) is 25.0 Å². The smallest absolute Gasteiger partial charge is 0.0789 e. The van der Waals surface area contributed by atoms with Crippen molar-refractivity contribution in [3.8, 4) is 0 Å². The number of likely N-dealkylation sites (N-methyl/N-ethyl adjacent to an activating group) is 1. The van der Waals surface area contributed by atoms with Crippen LogP contribution < -0.4 is 5.73 Å². The molecule has 0 aliphatic heterocycles. The van der Waals surface area contributed by atoms with E-state index in [0.29, 0.717) is 6.54 Å². The van der Waals surface area contributed by atoms with Crippen LogP contribution in [0.1, 0.15) is 12.8 Å². The molecule has 0 radical (unpaired) electrons. The summed E-state index contributed by atoms with van der Waals surface area (Å²) < 4.78 is 0. The number of nitrogens with zero attached hydrogens (tertiary/aromatic N) is 1. The van der Waals surface area contributed by atoms with Crippen molar-refractivity contribution in [3.05, 3.63) is 0 Å². The molecule has 0 aromatic rings. The number of hydrogen-bond acceptors (Lipinski definition) is 3. The van der Waals surface area contributed by atoms with E-state index < -0.39 is 0 Å². The Labute approximate surface area is 61.8 Å². The fraction of sp³-hybridized carbons (Fsp3) is 1.00. The lowest BCUT2D eigenvalue weighted by molar-refractivity contribution is 0.129. The van der Waals surface area contributed by atoms with Crippen LogP contribution in [-0.4, -0.2) is 42.3 Å². The minimum absolute atomic E-state index is 0.342. The Morgan fingerprint density at radius 3 is 2.70 bits per heavy atom. The van der Waals surface area contributed by atoms with E-state index in [1.54, 1.807) is 0 Å². The number of aliphatic hydroxyl groups is 1. The summed E-state index contributed by atoms with van der Waals surface area (Å²) in [6.45, 7) is 1.10. The van der Waals surface area contributed by atoms with Crippen molar-refractivity contribution in [1.29, 1.82) is 0 Å². The highest BCUT2D eigenvalue weighted by Gasteiger charge is 2.26. The molecule has 10 heavy (non-hydrogen) atoms. The molecule has 1 atom stereocenters. The van der Waals surface area contributed by atoms with Crippen LogP contribution in [0.3, 0.4) is 0 Å². The molecule has 3 N–H and O–H groups in total. The quantitative estimate of drug-likeness (QED) is 0.554. The first kappa shape index (κ1) is 7.98. The summed E-state index contributed by atoms with van der Waals surface area (Å²) in [5.74, 6) is 0. The van der Waals surface area contributed by atoms with Crippen LogP contribution in [-0.2, 0) is 0 Å². The number of nitrogens with two attached hydrogens (primary N) is 1. The second kappa shape index (κ2) is 3.32. The highest BCUT2D eigenvalue weighted by Crippen LogP contribution is 2.24. The van der Waals surface area contributed by atoms with Gasteiger partial charge in [-0.2, -0.15) is 0 Å². The highest BCUT2D eigenvalue weighted by atomic mass is 16.3. The highest BCUT2D eigenvalue weighted by molar-refractivity contribution is 4.83. The largest absolute Gasteiger partial charge is 0.390 e. The van der Waals surface area contributed by atoms with Crippen molar-refractivity contribution < 1.29 is 5.11 Å². The zero-order valence-electron chi connectivity index (χ0n) is 6.45. The first-order valence-electron chi connectivity index (χ1n) is 3.82. The molecule has 1 fully saturated rings. The van der Waals surface area contributed by atoms with Crippen LogP contribution in [0.2, 0.25) is 0 Å². The molecular weight excluding hydrogens is 128 g/mol. The minimum atomic E-state index is -0.342. The third-order valence-corrected chi connectivity index (χ3v) is 1.94. The van der Waals surface area contributed by atoms with Gasteiger partial charge in [0.05, 0.1) is 6.10 Å². The lowest BCUT2D eigenvalue weighted by Crippen LogP contribution is -2.35. The van der Waals surface area contributed by atoms with Crippen molar-refractivity contribution in [1.82, 2.24) is 4.90 Å². The standard InChI is InChI=1S/C7H16N2O/c1-9(6-2-3-6)5-7(10)4-8/h6-7,10H,2-5,8H2,1H3. The maximum absolute atomic E-state index is 9.14. The summed E-state index contributed by atoms with van der Waals surface area (Å²) in [5, 5.41) is 9.14. The third-order valence-electron chi connectivity index (χ3n) is 1.94. The van der Waals surface area contributed by atoms with E-state index in [9.17, 15) is 0 Å². The molecule has 3 nitrogen and oxygen atoms in total. The Morgan fingerprint density at radius 2 is 2.30 bits per heavy atom. The molecular formula is C7H16N2O. The van der Waals surface area contributed by atoms with E-state index in [4.69, 9.17) is 10.8 Å². The van der Waals surface area contributed by atoms with Crippen LogP contribution >= 0.6 is 0 Å². The average molecular weight is 144 g/mol. The van der Waals surface area contributed by atoms with Gasteiger partial charge in [-0.15, -0.1) is 0 Å². The summed E-state index contributed by atoms with van der Waals surface area (Å²) in [6, 6.07) is 0.723. The lowest BCUT2D eigenvalue weighted by atomic mass is 10.3. The Kier molecular flexibility index (Phi) is 2.65. The number of hydrogen-bond donors (Lipinski definition) is 2. The molecule has 3 heteroatoms. The van der Waals surface area contributed by atoms with Gasteiger partial charge in [-0.1, -0.05) is 0 Å². The van der Waals surface area contributed by atoms with Gasteiger partial charge in [-0.25, -0.2) is 0 Å². The lowest BCUT2D eigenvalue weighted by Gasteiger charge is -2.18. The monoisotopic (exact) mass is 144 g/mol. The van der Waals surface area contributed by atoms with Gasteiger partial charge < -0.3 is 15.7 Å². The maximum atomic E-state index is 9.14. The molecule has 0 amide bonds. The predicted octanol–water partition coefficient (Wildman–Crippen LogP) is -0.600. The van der Waals surface area contributed by atoms with Crippen molar-refractivity contribution in [3.63, 3.8) is 0 Å². The molecule has 1 aliphatic rings. The second-order valence-corrected chi connectivity index (χ2v) is 3.06.